The molecular formula is C16H11N5O3. The van der Waals surface area contributed by atoms with Gasteiger partial charge in [-0.2, -0.15) is 10.1 Å². The van der Waals surface area contributed by atoms with E-state index >= 15 is 0 Å². The quantitative estimate of drug-likeness (QED) is 0.617. The highest BCUT2D eigenvalue weighted by Crippen LogP contribution is 2.23. The smallest absolute Gasteiger partial charge is 0.278 e. The van der Waals surface area contributed by atoms with E-state index in [1.54, 1.807) is 12.1 Å². The molecule has 0 aliphatic carbocycles. The van der Waals surface area contributed by atoms with E-state index in [9.17, 15) is 4.79 Å². The number of primary amides is 1. The summed E-state index contributed by atoms with van der Waals surface area (Å²) in [6, 6.07) is 14.1. The number of carbonyl (C=O) groups is 1. The minimum atomic E-state index is -0.608. The van der Waals surface area contributed by atoms with E-state index in [1.807, 2.05) is 30.3 Å². The molecule has 0 radical (unpaired) electrons. The highest BCUT2D eigenvalue weighted by atomic mass is 16.5. The molecule has 0 spiro atoms. The van der Waals surface area contributed by atoms with Crippen LogP contribution in [0.4, 0.5) is 0 Å². The van der Waals surface area contributed by atoms with Crippen LogP contribution in [0, 0.1) is 0 Å². The highest BCUT2D eigenvalue weighted by Gasteiger charge is 2.20. The van der Waals surface area contributed by atoms with Crippen molar-refractivity contribution in [2.75, 3.05) is 0 Å². The fourth-order valence-corrected chi connectivity index (χ4v) is 2.26. The maximum Gasteiger partial charge on any atom is 0.278 e. The number of rotatable bonds is 4. The molecule has 8 heteroatoms. The summed E-state index contributed by atoms with van der Waals surface area (Å²) in [4.78, 5) is 15.9. The van der Waals surface area contributed by atoms with Crippen molar-refractivity contribution in [2.24, 2.45) is 5.73 Å². The van der Waals surface area contributed by atoms with E-state index < -0.39 is 5.91 Å². The van der Waals surface area contributed by atoms with Crippen LogP contribution in [0.3, 0.4) is 0 Å². The van der Waals surface area contributed by atoms with Gasteiger partial charge in [-0.05, 0) is 24.3 Å². The topological polar surface area (TPSA) is 113 Å². The normalized spacial score (nSPS) is 10.8. The first kappa shape index (κ1) is 13.9. The number of amides is 1. The zero-order valence-electron chi connectivity index (χ0n) is 12.3. The minimum absolute atomic E-state index is 0.165. The highest BCUT2D eigenvalue weighted by molar-refractivity contribution is 5.92. The number of para-hydroxylation sites is 1. The molecule has 0 fully saturated rings. The fraction of sp³-hybridized carbons (Fsp3) is 0. The molecule has 118 valence electrons. The van der Waals surface area contributed by atoms with Crippen LogP contribution in [0.5, 0.6) is 0 Å². The fourth-order valence-electron chi connectivity index (χ4n) is 2.26. The monoisotopic (exact) mass is 321 g/mol. The number of hydrogen-bond acceptors (Lipinski definition) is 6. The van der Waals surface area contributed by atoms with Gasteiger partial charge in [0.1, 0.15) is 5.69 Å². The van der Waals surface area contributed by atoms with E-state index in [4.69, 9.17) is 14.7 Å². The maximum absolute atomic E-state index is 11.7. The van der Waals surface area contributed by atoms with Crippen molar-refractivity contribution in [1.29, 1.82) is 0 Å². The molecule has 2 N–H and O–H groups in total. The SMILES string of the molecule is NC(=O)c1cc(-c2nc(-c3ccco3)no2)nn1-c1ccccc1. The van der Waals surface area contributed by atoms with E-state index in [0.29, 0.717) is 23.0 Å². The molecule has 0 aliphatic heterocycles. The van der Waals surface area contributed by atoms with Crippen LogP contribution in [0.1, 0.15) is 10.5 Å². The van der Waals surface area contributed by atoms with E-state index in [1.165, 1.54) is 17.0 Å². The Labute approximate surface area is 135 Å². The molecule has 0 aliphatic rings. The molecule has 24 heavy (non-hydrogen) atoms. The summed E-state index contributed by atoms with van der Waals surface area (Å²) in [6.07, 6.45) is 1.51. The summed E-state index contributed by atoms with van der Waals surface area (Å²) >= 11 is 0. The summed E-state index contributed by atoms with van der Waals surface area (Å²) in [7, 11) is 0. The first-order valence-electron chi connectivity index (χ1n) is 7.05. The van der Waals surface area contributed by atoms with E-state index in [-0.39, 0.29) is 11.6 Å². The molecular weight excluding hydrogens is 310 g/mol. The molecule has 0 atom stereocenters. The molecule has 3 heterocycles. The molecule has 1 amide bonds. The van der Waals surface area contributed by atoms with Gasteiger partial charge < -0.3 is 14.7 Å². The van der Waals surface area contributed by atoms with Crippen molar-refractivity contribution in [1.82, 2.24) is 19.9 Å². The number of benzene rings is 1. The average molecular weight is 321 g/mol. The van der Waals surface area contributed by atoms with Crippen LogP contribution >= 0.6 is 0 Å². The first-order chi connectivity index (χ1) is 11.7. The molecule has 3 aromatic heterocycles. The Morgan fingerprint density at radius 1 is 1.12 bits per heavy atom. The second-order valence-electron chi connectivity index (χ2n) is 4.93. The Morgan fingerprint density at radius 3 is 2.67 bits per heavy atom. The van der Waals surface area contributed by atoms with Crippen LogP contribution in [-0.4, -0.2) is 25.8 Å². The second kappa shape index (κ2) is 5.51. The molecule has 0 bridgehead atoms. The lowest BCUT2D eigenvalue weighted by Gasteiger charge is -2.03. The summed E-state index contributed by atoms with van der Waals surface area (Å²) in [5.74, 6) is 0.328. The average Bonchev–Trinajstić information content (AvgIpc) is 3.33. The van der Waals surface area contributed by atoms with Gasteiger partial charge in [0.2, 0.25) is 5.82 Å². The van der Waals surface area contributed by atoms with Gasteiger partial charge in [0.25, 0.3) is 11.8 Å². The summed E-state index contributed by atoms with van der Waals surface area (Å²) < 4.78 is 11.9. The Balaban J connectivity index is 1.78. The van der Waals surface area contributed by atoms with Crippen LogP contribution < -0.4 is 5.73 Å². The molecule has 4 rings (SSSR count). The molecule has 0 unspecified atom stereocenters. The second-order valence-corrected chi connectivity index (χ2v) is 4.93. The number of hydrogen-bond donors (Lipinski definition) is 1. The largest absolute Gasteiger partial charge is 0.461 e. The molecule has 0 saturated heterocycles. The minimum Gasteiger partial charge on any atom is -0.461 e. The summed E-state index contributed by atoms with van der Waals surface area (Å²) in [6.45, 7) is 0. The Kier molecular flexibility index (Phi) is 3.20. The summed E-state index contributed by atoms with van der Waals surface area (Å²) in [5.41, 5.74) is 6.70. The lowest BCUT2D eigenvalue weighted by atomic mass is 10.3. The zero-order chi connectivity index (χ0) is 16.5. The number of nitrogens with zero attached hydrogens (tertiary/aromatic N) is 4. The predicted octanol–water partition coefficient (Wildman–Crippen LogP) is 2.28. The van der Waals surface area contributed by atoms with E-state index in [2.05, 4.69) is 15.2 Å². The van der Waals surface area contributed by atoms with Crippen molar-refractivity contribution in [2.45, 2.75) is 0 Å². The van der Waals surface area contributed by atoms with Crippen molar-refractivity contribution in [3.05, 3.63) is 60.5 Å². The van der Waals surface area contributed by atoms with Gasteiger partial charge in [0.15, 0.2) is 11.5 Å². The third-order valence-corrected chi connectivity index (χ3v) is 3.35. The van der Waals surface area contributed by atoms with Gasteiger partial charge in [0, 0.05) is 6.07 Å². The van der Waals surface area contributed by atoms with Gasteiger partial charge >= 0.3 is 0 Å². The predicted molar refractivity (Wildman–Crippen MR) is 83.1 cm³/mol. The van der Waals surface area contributed by atoms with Gasteiger partial charge in [0.05, 0.1) is 12.0 Å². The van der Waals surface area contributed by atoms with Gasteiger partial charge in [-0.1, -0.05) is 23.4 Å². The third-order valence-electron chi connectivity index (χ3n) is 3.35. The number of nitrogens with two attached hydrogens (primary N) is 1. The molecule has 0 saturated carbocycles. The number of carbonyl (C=O) groups excluding carboxylic acids is 1. The van der Waals surface area contributed by atoms with Crippen molar-refractivity contribution in [3.63, 3.8) is 0 Å². The first-order valence-corrected chi connectivity index (χ1v) is 7.05. The molecule has 4 aromatic rings. The van der Waals surface area contributed by atoms with Crippen LogP contribution in [0.15, 0.2) is 63.7 Å². The Bertz CT molecular complexity index is 986. The van der Waals surface area contributed by atoms with E-state index in [0.717, 1.165) is 0 Å². The van der Waals surface area contributed by atoms with Crippen LogP contribution in [-0.2, 0) is 0 Å². The molecule has 8 nitrogen and oxygen atoms in total. The Hall–Kier alpha value is -3.68. The van der Waals surface area contributed by atoms with Crippen molar-refractivity contribution < 1.29 is 13.7 Å². The van der Waals surface area contributed by atoms with Gasteiger partial charge in [-0.25, -0.2) is 4.68 Å². The van der Waals surface area contributed by atoms with Gasteiger partial charge in [-0.15, -0.1) is 0 Å². The van der Waals surface area contributed by atoms with Crippen molar-refractivity contribution >= 4 is 5.91 Å². The third kappa shape index (κ3) is 2.35. The zero-order valence-corrected chi connectivity index (χ0v) is 12.3. The lowest BCUT2D eigenvalue weighted by Crippen LogP contribution is -2.16. The molecule has 1 aromatic carbocycles. The number of furan rings is 1. The van der Waals surface area contributed by atoms with Crippen molar-refractivity contribution in [3.8, 4) is 28.9 Å². The number of aromatic nitrogens is 4. The van der Waals surface area contributed by atoms with Crippen LogP contribution in [0.25, 0.3) is 28.9 Å². The van der Waals surface area contributed by atoms with Crippen LogP contribution in [0.2, 0.25) is 0 Å². The summed E-state index contributed by atoms with van der Waals surface area (Å²) in [5, 5.41) is 8.20. The van der Waals surface area contributed by atoms with Gasteiger partial charge in [-0.3, -0.25) is 4.79 Å². The Morgan fingerprint density at radius 2 is 1.96 bits per heavy atom. The lowest BCUT2D eigenvalue weighted by molar-refractivity contribution is 0.0993. The maximum atomic E-state index is 11.7. The standard InChI is InChI=1S/C16H11N5O3/c17-14(22)12-9-11(19-21(12)10-5-2-1-3-6-10)16-18-15(20-24-16)13-7-4-8-23-13/h1-9H,(H2,17,22).